The maximum absolute atomic E-state index is 14.0. The number of rotatable bonds is 8. The molecule has 3 aliphatic rings. The molecule has 10 heteroatoms. The fraction of sp³-hybridized carbons (Fsp3) is 0.343. The molecule has 0 bridgehead atoms. The van der Waals surface area contributed by atoms with Gasteiger partial charge in [0.2, 0.25) is 11.8 Å². The summed E-state index contributed by atoms with van der Waals surface area (Å²) in [6.45, 7) is 3.90. The molecule has 0 radical (unpaired) electrons. The lowest BCUT2D eigenvalue weighted by molar-refractivity contribution is -0.139. The van der Waals surface area contributed by atoms with Crippen LogP contribution in [-0.4, -0.2) is 65.1 Å². The van der Waals surface area contributed by atoms with Crippen LogP contribution in [0.4, 0.5) is 11.4 Å². The number of amides is 3. The summed E-state index contributed by atoms with van der Waals surface area (Å²) >= 11 is 6.34. The van der Waals surface area contributed by atoms with Gasteiger partial charge in [0.25, 0.3) is 5.91 Å². The molecule has 3 aromatic carbocycles. The van der Waals surface area contributed by atoms with E-state index in [-0.39, 0.29) is 37.4 Å². The third kappa shape index (κ3) is 5.89. The third-order valence-corrected chi connectivity index (χ3v) is 9.41. The molecule has 3 aliphatic heterocycles. The van der Waals surface area contributed by atoms with Gasteiger partial charge in [-0.3, -0.25) is 14.4 Å². The summed E-state index contributed by atoms with van der Waals surface area (Å²) in [6, 6.07) is 20.2. The second-order valence-corrected chi connectivity index (χ2v) is 12.4. The summed E-state index contributed by atoms with van der Waals surface area (Å²) in [7, 11) is 0. The average molecular weight is 629 g/mol. The number of carbonyl (C=O) groups excluding carboxylic acids is 3. The third-order valence-electron chi connectivity index (χ3n) is 9.17. The minimum Gasteiger partial charge on any atom is -0.394 e. The Morgan fingerprint density at radius 1 is 1.11 bits per heavy atom. The van der Waals surface area contributed by atoms with Crippen LogP contribution in [0.25, 0.3) is 0 Å². The summed E-state index contributed by atoms with van der Waals surface area (Å²) in [5.41, 5.74) is 2.95. The molecule has 3 atom stereocenters. The van der Waals surface area contributed by atoms with E-state index in [9.17, 15) is 24.6 Å². The van der Waals surface area contributed by atoms with Crippen LogP contribution in [0.15, 0.2) is 78.9 Å². The number of piperazine rings is 1. The molecule has 9 nitrogen and oxygen atoms in total. The number of hydrogen-bond donors (Lipinski definition) is 3. The first kappa shape index (κ1) is 31.0. The summed E-state index contributed by atoms with van der Waals surface area (Å²) in [5.74, 6) is -1.26. The number of nitrogens with one attached hydrogen (secondary N) is 1. The first-order chi connectivity index (χ1) is 21.7. The summed E-state index contributed by atoms with van der Waals surface area (Å²) in [6.07, 6.45) is 4.06. The molecular formula is C35H37ClN4O5. The molecule has 3 aromatic rings. The largest absolute Gasteiger partial charge is 0.394 e. The Morgan fingerprint density at radius 3 is 2.60 bits per heavy atom. The second-order valence-electron chi connectivity index (χ2n) is 12.0. The van der Waals surface area contributed by atoms with Crippen molar-refractivity contribution in [2.45, 2.75) is 44.5 Å². The molecule has 6 rings (SSSR count). The van der Waals surface area contributed by atoms with Crippen molar-refractivity contribution in [3.63, 3.8) is 0 Å². The molecule has 1 saturated heterocycles. The standard InChI is InChI=1S/C35H37ClN4O5/c1-23(5-4-8-32(42)39-21-26-7-3-2-6-25(26)17-29(39)22-41)35(45)30-18-27(36)11-14-31(30)40(34(35)44)20-24-9-12-28(13-10-24)38-16-15-37-19-33(38)43/h2-7,9-14,18,23,29,37,41,45H,8,15-17,19-22H2,1H3/b5-4+/t23-,29+,35+/m1/s1. The molecular weight excluding hydrogens is 592 g/mol. The lowest BCUT2D eigenvalue weighted by Crippen LogP contribution is -2.48. The molecule has 3 heterocycles. The predicted molar refractivity (Wildman–Crippen MR) is 173 cm³/mol. The number of benzene rings is 3. The van der Waals surface area contributed by atoms with Gasteiger partial charge < -0.3 is 30.2 Å². The smallest absolute Gasteiger partial charge is 0.264 e. The van der Waals surface area contributed by atoms with Crippen molar-refractivity contribution in [2.75, 3.05) is 36.0 Å². The van der Waals surface area contributed by atoms with E-state index >= 15 is 0 Å². The van der Waals surface area contributed by atoms with Crippen LogP contribution in [-0.2, 0) is 39.5 Å². The van der Waals surface area contributed by atoms with Crippen molar-refractivity contribution in [2.24, 2.45) is 5.92 Å². The fourth-order valence-corrected chi connectivity index (χ4v) is 6.76. The van der Waals surface area contributed by atoms with E-state index < -0.39 is 17.4 Å². The van der Waals surface area contributed by atoms with E-state index in [0.717, 1.165) is 28.9 Å². The van der Waals surface area contributed by atoms with Gasteiger partial charge in [-0.25, -0.2) is 0 Å². The SMILES string of the molecule is C[C@H](/C=C/CC(=O)N1Cc2ccccc2C[C@H]1CO)[C@@]1(O)C(=O)N(Cc2ccc(N3CCNCC3=O)cc2)c2ccc(Cl)cc21. The van der Waals surface area contributed by atoms with Crippen molar-refractivity contribution in [3.05, 3.63) is 106 Å². The van der Waals surface area contributed by atoms with E-state index in [1.54, 1.807) is 52.0 Å². The van der Waals surface area contributed by atoms with Crippen LogP contribution in [0.2, 0.25) is 5.02 Å². The summed E-state index contributed by atoms with van der Waals surface area (Å²) in [4.78, 5) is 44.5. The van der Waals surface area contributed by atoms with Crippen LogP contribution >= 0.6 is 11.6 Å². The van der Waals surface area contributed by atoms with E-state index in [0.29, 0.717) is 42.3 Å². The van der Waals surface area contributed by atoms with Gasteiger partial charge in [-0.2, -0.15) is 0 Å². The topological polar surface area (TPSA) is 113 Å². The minimum absolute atomic E-state index is 0.0119. The predicted octanol–water partition coefficient (Wildman–Crippen LogP) is 3.54. The van der Waals surface area contributed by atoms with Gasteiger partial charge in [0, 0.05) is 48.2 Å². The molecule has 234 valence electrons. The lowest BCUT2D eigenvalue weighted by Gasteiger charge is -2.36. The summed E-state index contributed by atoms with van der Waals surface area (Å²) < 4.78 is 0. The number of aliphatic hydroxyl groups excluding tert-OH is 1. The Hall–Kier alpha value is -4.02. The number of carbonyl (C=O) groups is 3. The Labute approximate surface area is 267 Å². The molecule has 1 fully saturated rings. The molecule has 0 spiro atoms. The molecule has 3 amide bonds. The van der Waals surface area contributed by atoms with Crippen molar-refractivity contribution in [1.82, 2.24) is 10.2 Å². The molecule has 0 saturated carbocycles. The zero-order valence-electron chi connectivity index (χ0n) is 25.2. The van der Waals surface area contributed by atoms with E-state index in [1.165, 1.54) is 0 Å². The van der Waals surface area contributed by atoms with Gasteiger partial charge in [0.15, 0.2) is 5.60 Å². The van der Waals surface area contributed by atoms with Gasteiger partial charge in [0.1, 0.15) is 0 Å². The zero-order chi connectivity index (χ0) is 31.7. The highest BCUT2D eigenvalue weighted by atomic mass is 35.5. The van der Waals surface area contributed by atoms with Crippen molar-refractivity contribution < 1.29 is 24.6 Å². The molecule has 0 unspecified atom stereocenters. The number of hydrogen-bond acceptors (Lipinski definition) is 6. The quantitative estimate of drug-likeness (QED) is 0.329. The second kappa shape index (κ2) is 12.8. The van der Waals surface area contributed by atoms with E-state index in [4.69, 9.17) is 11.6 Å². The zero-order valence-corrected chi connectivity index (χ0v) is 25.9. The lowest BCUT2D eigenvalue weighted by atomic mass is 9.83. The van der Waals surface area contributed by atoms with Gasteiger partial charge in [-0.15, -0.1) is 0 Å². The molecule has 3 N–H and O–H groups in total. The Kier molecular flexibility index (Phi) is 8.79. The highest BCUT2D eigenvalue weighted by molar-refractivity contribution is 6.31. The first-order valence-corrected chi connectivity index (χ1v) is 15.7. The highest BCUT2D eigenvalue weighted by Crippen LogP contribution is 2.46. The van der Waals surface area contributed by atoms with Crippen molar-refractivity contribution in [3.8, 4) is 0 Å². The van der Waals surface area contributed by atoms with Crippen LogP contribution in [0.5, 0.6) is 0 Å². The number of fused-ring (bicyclic) bond motifs is 2. The number of nitrogens with zero attached hydrogens (tertiary/aromatic N) is 3. The average Bonchev–Trinajstić information content (AvgIpc) is 3.26. The molecule has 0 aliphatic carbocycles. The van der Waals surface area contributed by atoms with Gasteiger partial charge >= 0.3 is 0 Å². The van der Waals surface area contributed by atoms with Crippen molar-refractivity contribution in [1.29, 1.82) is 0 Å². The Bertz CT molecular complexity index is 1640. The number of aliphatic hydroxyl groups is 2. The maximum atomic E-state index is 14.0. The Balaban J connectivity index is 1.18. The highest BCUT2D eigenvalue weighted by Gasteiger charge is 2.52. The van der Waals surface area contributed by atoms with Gasteiger partial charge in [0.05, 0.1) is 31.4 Å². The maximum Gasteiger partial charge on any atom is 0.264 e. The van der Waals surface area contributed by atoms with Gasteiger partial charge in [-0.05, 0) is 53.4 Å². The first-order valence-electron chi connectivity index (χ1n) is 15.3. The normalized spacial score (nSPS) is 22.1. The number of halogens is 1. The van der Waals surface area contributed by atoms with E-state index in [2.05, 4.69) is 5.32 Å². The van der Waals surface area contributed by atoms with Crippen molar-refractivity contribution >= 4 is 40.7 Å². The number of anilines is 2. The Morgan fingerprint density at radius 2 is 1.87 bits per heavy atom. The van der Waals surface area contributed by atoms with Crippen LogP contribution < -0.4 is 15.1 Å². The molecule has 45 heavy (non-hydrogen) atoms. The monoisotopic (exact) mass is 628 g/mol. The van der Waals surface area contributed by atoms with Crippen LogP contribution in [0.1, 0.15) is 35.6 Å². The van der Waals surface area contributed by atoms with Crippen LogP contribution in [0.3, 0.4) is 0 Å². The fourth-order valence-electron chi connectivity index (χ4n) is 6.59. The molecule has 0 aromatic heterocycles. The van der Waals surface area contributed by atoms with Gasteiger partial charge in [-0.1, -0.05) is 67.1 Å². The summed E-state index contributed by atoms with van der Waals surface area (Å²) in [5, 5.41) is 25.5. The van der Waals surface area contributed by atoms with E-state index in [1.807, 2.05) is 48.5 Å². The van der Waals surface area contributed by atoms with Crippen LogP contribution in [0, 0.1) is 5.92 Å². The minimum atomic E-state index is -1.88.